The van der Waals surface area contributed by atoms with Crippen LogP contribution in [0.5, 0.6) is 0 Å². The molecular formula is C15H12Br2O2S. The van der Waals surface area contributed by atoms with Crippen molar-refractivity contribution in [3.8, 4) is 0 Å². The molecule has 0 aliphatic heterocycles. The van der Waals surface area contributed by atoms with Gasteiger partial charge in [-0.05, 0) is 65.3 Å². The molecule has 0 aliphatic rings. The van der Waals surface area contributed by atoms with Gasteiger partial charge in [0.15, 0.2) is 0 Å². The Kier molecular flexibility index (Phi) is 5.69. The smallest absolute Gasteiger partial charge is 0.339 e. The maximum Gasteiger partial charge on any atom is 0.339 e. The largest absolute Gasteiger partial charge is 0.462 e. The third-order valence-corrected chi connectivity index (χ3v) is 4.67. The van der Waals surface area contributed by atoms with Crippen molar-refractivity contribution in [2.45, 2.75) is 16.7 Å². The number of halogens is 2. The first-order chi connectivity index (χ1) is 9.60. The van der Waals surface area contributed by atoms with E-state index in [1.807, 2.05) is 36.4 Å². The van der Waals surface area contributed by atoms with Crippen LogP contribution in [0.2, 0.25) is 0 Å². The molecule has 0 atom stereocenters. The van der Waals surface area contributed by atoms with Gasteiger partial charge in [0, 0.05) is 18.7 Å². The molecule has 0 saturated carbocycles. The van der Waals surface area contributed by atoms with Crippen LogP contribution in [0.1, 0.15) is 17.3 Å². The van der Waals surface area contributed by atoms with Gasteiger partial charge in [0.2, 0.25) is 0 Å². The minimum Gasteiger partial charge on any atom is -0.462 e. The average Bonchev–Trinajstić information content (AvgIpc) is 2.42. The second-order valence-corrected chi connectivity index (χ2v) is 6.84. The molecule has 0 bridgehead atoms. The Balaban J connectivity index is 2.16. The summed E-state index contributed by atoms with van der Waals surface area (Å²) in [7, 11) is 0. The fraction of sp³-hybridized carbons (Fsp3) is 0.133. The normalized spacial score (nSPS) is 10.3. The molecule has 20 heavy (non-hydrogen) atoms. The van der Waals surface area contributed by atoms with Crippen LogP contribution in [0.25, 0.3) is 0 Å². The van der Waals surface area contributed by atoms with E-state index in [2.05, 4.69) is 31.9 Å². The summed E-state index contributed by atoms with van der Waals surface area (Å²) < 4.78 is 6.80. The molecule has 0 aromatic heterocycles. The van der Waals surface area contributed by atoms with Gasteiger partial charge in [-0.15, -0.1) is 0 Å². The Morgan fingerprint density at radius 2 is 1.75 bits per heavy atom. The van der Waals surface area contributed by atoms with Crippen LogP contribution < -0.4 is 0 Å². The third-order valence-electron chi connectivity index (χ3n) is 2.49. The monoisotopic (exact) mass is 414 g/mol. The molecular weight excluding hydrogens is 404 g/mol. The minimum atomic E-state index is -0.306. The van der Waals surface area contributed by atoms with Gasteiger partial charge in [0.05, 0.1) is 12.2 Å². The maximum absolute atomic E-state index is 11.7. The van der Waals surface area contributed by atoms with Crippen molar-refractivity contribution in [1.82, 2.24) is 0 Å². The molecule has 2 nitrogen and oxygen atoms in total. The van der Waals surface area contributed by atoms with Gasteiger partial charge in [-0.2, -0.15) is 0 Å². The summed E-state index contributed by atoms with van der Waals surface area (Å²) in [6, 6.07) is 13.7. The number of carbonyl (C=O) groups excluding carboxylic acids is 1. The van der Waals surface area contributed by atoms with Crippen LogP contribution in [-0.4, -0.2) is 12.6 Å². The van der Waals surface area contributed by atoms with E-state index in [-0.39, 0.29) is 5.97 Å². The highest BCUT2D eigenvalue weighted by atomic mass is 79.9. The van der Waals surface area contributed by atoms with E-state index in [0.29, 0.717) is 12.2 Å². The van der Waals surface area contributed by atoms with Crippen molar-refractivity contribution in [1.29, 1.82) is 0 Å². The Morgan fingerprint density at radius 3 is 2.35 bits per heavy atom. The number of hydrogen-bond donors (Lipinski definition) is 0. The Hall–Kier alpha value is -0.780. The Bertz CT molecular complexity index is 612. The summed E-state index contributed by atoms with van der Waals surface area (Å²) in [6.45, 7) is 2.17. The van der Waals surface area contributed by atoms with Crippen molar-refractivity contribution in [3.63, 3.8) is 0 Å². The second kappa shape index (κ2) is 7.29. The SMILES string of the molecule is CCOC(=O)c1ccc(Sc2ccc(Br)cc2)cc1Br. The maximum atomic E-state index is 11.7. The van der Waals surface area contributed by atoms with E-state index >= 15 is 0 Å². The molecule has 2 aromatic carbocycles. The molecule has 0 amide bonds. The van der Waals surface area contributed by atoms with Crippen LogP contribution in [0.3, 0.4) is 0 Å². The fourth-order valence-electron chi connectivity index (χ4n) is 1.57. The summed E-state index contributed by atoms with van der Waals surface area (Å²) in [5.74, 6) is -0.306. The molecule has 2 aromatic rings. The average molecular weight is 416 g/mol. The number of rotatable bonds is 4. The van der Waals surface area contributed by atoms with Gasteiger partial charge in [-0.1, -0.05) is 27.7 Å². The highest BCUT2D eigenvalue weighted by Crippen LogP contribution is 2.31. The van der Waals surface area contributed by atoms with Crippen molar-refractivity contribution in [2.24, 2.45) is 0 Å². The lowest BCUT2D eigenvalue weighted by molar-refractivity contribution is 0.0525. The van der Waals surface area contributed by atoms with Gasteiger partial charge < -0.3 is 4.74 Å². The fourth-order valence-corrected chi connectivity index (χ4v) is 3.39. The van der Waals surface area contributed by atoms with Crippen molar-refractivity contribution >= 4 is 49.6 Å². The first kappa shape index (κ1) is 15.6. The third kappa shape index (κ3) is 4.11. The van der Waals surface area contributed by atoms with Gasteiger partial charge in [0.25, 0.3) is 0 Å². The number of ether oxygens (including phenoxy) is 1. The lowest BCUT2D eigenvalue weighted by Gasteiger charge is -2.07. The summed E-state index contributed by atoms with van der Waals surface area (Å²) in [5.41, 5.74) is 0.548. The highest BCUT2D eigenvalue weighted by molar-refractivity contribution is 9.10. The topological polar surface area (TPSA) is 26.3 Å². The predicted octanol–water partition coefficient (Wildman–Crippen LogP) is 5.54. The van der Waals surface area contributed by atoms with Crippen LogP contribution in [0.4, 0.5) is 0 Å². The molecule has 0 spiro atoms. The molecule has 0 fully saturated rings. The standard InChI is InChI=1S/C15H12Br2O2S/c1-2-19-15(18)13-8-7-12(9-14(13)17)20-11-5-3-10(16)4-6-11/h3-9H,2H2,1H3. The zero-order valence-corrected chi connectivity index (χ0v) is 14.7. The molecule has 104 valence electrons. The predicted molar refractivity (Wildman–Crippen MR) is 88.4 cm³/mol. The van der Waals surface area contributed by atoms with Crippen molar-refractivity contribution in [3.05, 3.63) is 57.0 Å². The molecule has 0 radical (unpaired) electrons. The van der Waals surface area contributed by atoms with Crippen LogP contribution in [0.15, 0.2) is 61.2 Å². The number of carbonyl (C=O) groups is 1. The number of hydrogen-bond acceptors (Lipinski definition) is 3. The van der Waals surface area contributed by atoms with Crippen molar-refractivity contribution in [2.75, 3.05) is 6.61 Å². The summed E-state index contributed by atoms with van der Waals surface area (Å²) >= 11 is 8.48. The molecule has 0 saturated heterocycles. The van der Waals surface area contributed by atoms with E-state index in [0.717, 1.165) is 18.7 Å². The van der Waals surface area contributed by atoms with E-state index in [1.54, 1.807) is 24.8 Å². The highest BCUT2D eigenvalue weighted by Gasteiger charge is 2.11. The lowest BCUT2D eigenvalue weighted by Crippen LogP contribution is -2.05. The van der Waals surface area contributed by atoms with Crippen LogP contribution in [-0.2, 0) is 4.74 Å². The summed E-state index contributed by atoms with van der Waals surface area (Å²) in [4.78, 5) is 13.9. The van der Waals surface area contributed by atoms with E-state index in [1.165, 1.54) is 0 Å². The molecule has 2 rings (SSSR count). The molecule has 0 aliphatic carbocycles. The Morgan fingerprint density at radius 1 is 1.10 bits per heavy atom. The van der Waals surface area contributed by atoms with Crippen LogP contribution >= 0.6 is 43.6 Å². The zero-order chi connectivity index (χ0) is 14.5. The Labute approximate surface area is 139 Å². The lowest BCUT2D eigenvalue weighted by atomic mass is 10.2. The second-order valence-electron chi connectivity index (χ2n) is 3.92. The van der Waals surface area contributed by atoms with Gasteiger partial charge in [-0.25, -0.2) is 4.79 Å². The molecule has 0 heterocycles. The summed E-state index contributed by atoms with van der Waals surface area (Å²) in [6.07, 6.45) is 0. The van der Waals surface area contributed by atoms with Crippen LogP contribution in [0, 0.1) is 0 Å². The van der Waals surface area contributed by atoms with E-state index in [9.17, 15) is 4.79 Å². The first-order valence-corrected chi connectivity index (χ1v) is 8.40. The van der Waals surface area contributed by atoms with Crippen molar-refractivity contribution < 1.29 is 9.53 Å². The van der Waals surface area contributed by atoms with Gasteiger partial charge in [-0.3, -0.25) is 0 Å². The first-order valence-electron chi connectivity index (χ1n) is 6.00. The molecule has 0 unspecified atom stereocenters. The molecule has 0 N–H and O–H groups in total. The van der Waals surface area contributed by atoms with Gasteiger partial charge in [0.1, 0.15) is 0 Å². The minimum absolute atomic E-state index is 0.306. The van der Waals surface area contributed by atoms with E-state index in [4.69, 9.17) is 4.74 Å². The zero-order valence-electron chi connectivity index (χ0n) is 10.7. The number of esters is 1. The van der Waals surface area contributed by atoms with Gasteiger partial charge >= 0.3 is 5.97 Å². The van der Waals surface area contributed by atoms with E-state index < -0.39 is 0 Å². The summed E-state index contributed by atoms with van der Waals surface area (Å²) in [5, 5.41) is 0. The quantitative estimate of drug-likeness (QED) is 0.613. The number of benzene rings is 2. The molecule has 5 heteroatoms.